The summed E-state index contributed by atoms with van der Waals surface area (Å²) in [4.78, 5) is 23.0. The summed E-state index contributed by atoms with van der Waals surface area (Å²) in [5.74, 6) is -1.08. The summed E-state index contributed by atoms with van der Waals surface area (Å²) >= 11 is 1.20. The van der Waals surface area contributed by atoms with Crippen LogP contribution in [-0.4, -0.2) is 29.6 Å². The summed E-state index contributed by atoms with van der Waals surface area (Å²) < 4.78 is 4.98. The molecule has 0 aliphatic heterocycles. The van der Waals surface area contributed by atoms with Crippen LogP contribution in [0, 0.1) is 0 Å². The fourth-order valence-corrected chi connectivity index (χ4v) is 1.77. The van der Waals surface area contributed by atoms with Crippen LogP contribution >= 0.6 is 11.3 Å². The number of hydrogen-bond donors (Lipinski definition) is 2. The third-order valence-electron chi connectivity index (χ3n) is 2.02. The Labute approximate surface area is 97.0 Å². The number of rotatable bonds is 4. The Morgan fingerprint density at radius 1 is 1.50 bits per heavy atom. The van der Waals surface area contributed by atoms with Crippen molar-refractivity contribution >= 4 is 23.2 Å². The third kappa shape index (κ3) is 2.52. The van der Waals surface area contributed by atoms with Gasteiger partial charge in [0.15, 0.2) is 0 Å². The van der Waals surface area contributed by atoms with E-state index < -0.39 is 17.4 Å². The van der Waals surface area contributed by atoms with Crippen LogP contribution in [-0.2, 0) is 4.79 Å². The van der Waals surface area contributed by atoms with Gasteiger partial charge in [0.2, 0.25) is 0 Å². The average Bonchev–Trinajstić information content (AvgIpc) is 2.64. The monoisotopic (exact) mass is 243 g/mol. The van der Waals surface area contributed by atoms with Crippen molar-refractivity contribution in [3.05, 3.63) is 16.3 Å². The first-order chi connectivity index (χ1) is 7.38. The quantitative estimate of drug-likeness (QED) is 0.837. The van der Waals surface area contributed by atoms with E-state index in [0.29, 0.717) is 10.6 Å². The molecule has 1 rings (SSSR count). The van der Waals surface area contributed by atoms with E-state index in [-0.39, 0.29) is 0 Å². The molecule has 0 aliphatic rings. The molecule has 1 amide bonds. The SMILES string of the molecule is COc1ccsc1C(=O)NC(C)(C)C(=O)O. The second kappa shape index (κ2) is 4.52. The Balaban J connectivity index is 2.85. The Kier molecular flexibility index (Phi) is 3.54. The highest BCUT2D eigenvalue weighted by atomic mass is 32.1. The van der Waals surface area contributed by atoms with E-state index in [1.807, 2.05) is 0 Å². The van der Waals surface area contributed by atoms with E-state index in [1.54, 1.807) is 11.4 Å². The number of thiophene rings is 1. The minimum atomic E-state index is -1.30. The first-order valence-electron chi connectivity index (χ1n) is 4.56. The average molecular weight is 243 g/mol. The number of ether oxygens (including phenoxy) is 1. The van der Waals surface area contributed by atoms with Crippen molar-refractivity contribution in [3.8, 4) is 5.75 Å². The molecule has 88 valence electrons. The molecule has 0 fully saturated rings. The molecule has 2 N–H and O–H groups in total. The maximum atomic E-state index is 11.8. The molecule has 0 aliphatic carbocycles. The van der Waals surface area contributed by atoms with Gasteiger partial charge in [-0.25, -0.2) is 4.79 Å². The van der Waals surface area contributed by atoms with Crippen molar-refractivity contribution in [2.45, 2.75) is 19.4 Å². The third-order valence-corrected chi connectivity index (χ3v) is 2.91. The predicted octanol–water partition coefficient (Wildman–Crippen LogP) is 1.35. The van der Waals surface area contributed by atoms with Gasteiger partial charge in [-0.15, -0.1) is 11.3 Å². The number of nitrogens with one attached hydrogen (secondary N) is 1. The van der Waals surface area contributed by atoms with Crippen molar-refractivity contribution in [2.24, 2.45) is 0 Å². The maximum Gasteiger partial charge on any atom is 0.328 e. The van der Waals surface area contributed by atoms with Crippen LogP contribution in [0.25, 0.3) is 0 Å². The summed E-state index contributed by atoms with van der Waals surface area (Å²) in [6.45, 7) is 2.85. The highest BCUT2D eigenvalue weighted by Gasteiger charge is 2.30. The van der Waals surface area contributed by atoms with Gasteiger partial charge in [-0.1, -0.05) is 0 Å². The molecule has 16 heavy (non-hydrogen) atoms. The van der Waals surface area contributed by atoms with Gasteiger partial charge in [-0.3, -0.25) is 4.79 Å². The van der Waals surface area contributed by atoms with E-state index in [2.05, 4.69) is 5.32 Å². The summed E-state index contributed by atoms with van der Waals surface area (Å²) in [6, 6.07) is 1.66. The predicted molar refractivity (Wildman–Crippen MR) is 60.1 cm³/mol. The lowest BCUT2D eigenvalue weighted by atomic mass is 10.1. The van der Waals surface area contributed by atoms with E-state index >= 15 is 0 Å². The van der Waals surface area contributed by atoms with Crippen LogP contribution in [0.1, 0.15) is 23.5 Å². The molecule has 0 radical (unpaired) electrons. The van der Waals surface area contributed by atoms with Gasteiger partial charge in [0, 0.05) is 0 Å². The molecule has 0 unspecified atom stereocenters. The highest BCUT2D eigenvalue weighted by Crippen LogP contribution is 2.24. The van der Waals surface area contributed by atoms with Crippen molar-refractivity contribution in [1.29, 1.82) is 0 Å². The molecule has 5 nitrogen and oxygen atoms in total. The highest BCUT2D eigenvalue weighted by molar-refractivity contribution is 7.12. The van der Waals surface area contributed by atoms with Crippen LogP contribution in [0.4, 0.5) is 0 Å². The summed E-state index contributed by atoms with van der Waals surface area (Å²) in [5.41, 5.74) is -1.30. The maximum absolute atomic E-state index is 11.8. The number of methoxy groups -OCH3 is 1. The molecule has 6 heteroatoms. The number of aliphatic carboxylic acids is 1. The van der Waals surface area contributed by atoms with Gasteiger partial charge in [0.1, 0.15) is 16.2 Å². The van der Waals surface area contributed by atoms with Crippen LogP contribution in [0.15, 0.2) is 11.4 Å². The molecule has 0 aromatic carbocycles. The zero-order valence-electron chi connectivity index (χ0n) is 9.23. The van der Waals surface area contributed by atoms with E-state index in [0.717, 1.165) is 0 Å². The van der Waals surface area contributed by atoms with E-state index in [9.17, 15) is 9.59 Å². The molecule has 0 saturated heterocycles. The Morgan fingerprint density at radius 2 is 2.12 bits per heavy atom. The number of carboxylic acid groups (broad SMARTS) is 1. The minimum absolute atomic E-state index is 0.372. The first-order valence-corrected chi connectivity index (χ1v) is 5.44. The number of carboxylic acids is 1. The van der Waals surface area contributed by atoms with Crippen molar-refractivity contribution < 1.29 is 19.4 Å². The van der Waals surface area contributed by atoms with Gasteiger partial charge < -0.3 is 15.2 Å². The molecule has 1 aromatic rings. The zero-order chi connectivity index (χ0) is 12.3. The Bertz CT molecular complexity index is 411. The van der Waals surface area contributed by atoms with Gasteiger partial charge in [-0.05, 0) is 25.3 Å². The normalized spacial score (nSPS) is 10.9. The van der Waals surface area contributed by atoms with Crippen molar-refractivity contribution in [3.63, 3.8) is 0 Å². The summed E-state index contributed by atoms with van der Waals surface area (Å²) in [7, 11) is 1.46. The molecule has 0 spiro atoms. The molecule has 0 saturated carbocycles. The van der Waals surface area contributed by atoms with Gasteiger partial charge in [0.25, 0.3) is 5.91 Å². The number of carbonyl (C=O) groups excluding carboxylic acids is 1. The fraction of sp³-hybridized carbons (Fsp3) is 0.400. The molecule has 1 heterocycles. The van der Waals surface area contributed by atoms with Crippen LogP contribution < -0.4 is 10.1 Å². The summed E-state index contributed by atoms with van der Waals surface area (Å²) in [5, 5.41) is 13.0. The minimum Gasteiger partial charge on any atom is -0.495 e. The summed E-state index contributed by atoms with van der Waals surface area (Å²) in [6.07, 6.45) is 0. The van der Waals surface area contributed by atoms with Gasteiger partial charge in [-0.2, -0.15) is 0 Å². The lowest BCUT2D eigenvalue weighted by Crippen LogP contribution is -2.49. The topological polar surface area (TPSA) is 75.6 Å². The van der Waals surface area contributed by atoms with Crippen molar-refractivity contribution in [1.82, 2.24) is 5.32 Å². The number of amides is 1. The van der Waals surface area contributed by atoms with Crippen molar-refractivity contribution in [2.75, 3.05) is 7.11 Å². The Hall–Kier alpha value is -1.56. The second-order valence-electron chi connectivity index (χ2n) is 3.70. The van der Waals surface area contributed by atoms with Gasteiger partial charge in [0.05, 0.1) is 7.11 Å². The van der Waals surface area contributed by atoms with E-state index in [1.165, 1.54) is 32.3 Å². The van der Waals surface area contributed by atoms with Crippen LogP contribution in [0.5, 0.6) is 5.75 Å². The zero-order valence-corrected chi connectivity index (χ0v) is 10.1. The smallest absolute Gasteiger partial charge is 0.328 e. The number of hydrogen-bond acceptors (Lipinski definition) is 4. The largest absolute Gasteiger partial charge is 0.495 e. The Morgan fingerprint density at radius 3 is 2.62 bits per heavy atom. The van der Waals surface area contributed by atoms with E-state index in [4.69, 9.17) is 9.84 Å². The number of carbonyl (C=O) groups is 2. The first kappa shape index (κ1) is 12.5. The lowest BCUT2D eigenvalue weighted by molar-refractivity contribution is -0.143. The van der Waals surface area contributed by atoms with Crippen LogP contribution in [0.2, 0.25) is 0 Å². The molecule has 1 aromatic heterocycles. The molecular formula is C10H13NO4S. The van der Waals surface area contributed by atoms with Crippen LogP contribution in [0.3, 0.4) is 0 Å². The molecular weight excluding hydrogens is 230 g/mol. The standard InChI is InChI=1S/C10H13NO4S/c1-10(2,9(13)14)11-8(12)7-6(15-3)4-5-16-7/h4-5H,1-3H3,(H,11,12)(H,13,14). The second-order valence-corrected chi connectivity index (χ2v) is 4.62. The van der Waals surface area contributed by atoms with Gasteiger partial charge >= 0.3 is 5.97 Å². The fourth-order valence-electron chi connectivity index (χ4n) is 1.02. The lowest BCUT2D eigenvalue weighted by Gasteiger charge is -2.20. The molecule has 0 atom stereocenters. The molecule has 0 bridgehead atoms.